The molecule has 2 aliphatic heterocycles. The molecule has 3 unspecified atom stereocenters. The van der Waals surface area contributed by atoms with Crippen molar-refractivity contribution in [2.75, 3.05) is 30.3 Å². The molecule has 1 saturated heterocycles. The quantitative estimate of drug-likeness (QED) is 0.0328. The van der Waals surface area contributed by atoms with Crippen LogP contribution in [-0.4, -0.2) is 107 Å². The fourth-order valence-corrected chi connectivity index (χ4v) is 7.43. The summed E-state index contributed by atoms with van der Waals surface area (Å²) in [4.78, 5) is 113. The SMILES string of the molecule is NC(CCC(=O)NC(CCSC1CC(=O)N(CCC(=O)NCCCNC(=O)CCC(=O)N2Cc3ccccc3C#Cc3ccccc32)C1=O)C(=O)CCC(=O)O)OC=O. The Labute approximate surface area is 345 Å². The highest BCUT2D eigenvalue weighted by molar-refractivity contribution is 8.00. The van der Waals surface area contributed by atoms with Crippen LogP contribution in [0.3, 0.4) is 0 Å². The highest BCUT2D eigenvalue weighted by Gasteiger charge is 2.39. The van der Waals surface area contributed by atoms with Gasteiger partial charge in [0, 0.05) is 75.7 Å². The molecule has 59 heavy (non-hydrogen) atoms. The molecule has 3 atom stereocenters. The first-order valence-corrected chi connectivity index (χ1v) is 20.3. The second-order valence-electron chi connectivity index (χ2n) is 13.7. The maximum atomic E-state index is 13.4. The predicted molar refractivity (Wildman–Crippen MR) is 215 cm³/mol. The van der Waals surface area contributed by atoms with Gasteiger partial charge in [-0.2, -0.15) is 0 Å². The minimum Gasteiger partial charge on any atom is -0.481 e. The van der Waals surface area contributed by atoms with Gasteiger partial charge in [0.15, 0.2) is 12.0 Å². The Kier molecular flexibility index (Phi) is 18.1. The molecule has 0 radical (unpaired) electrons. The second kappa shape index (κ2) is 23.4. The molecule has 18 heteroatoms. The van der Waals surface area contributed by atoms with Crippen molar-refractivity contribution in [3.8, 4) is 11.8 Å². The van der Waals surface area contributed by atoms with E-state index in [1.54, 1.807) is 4.90 Å². The first-order chi connectivity index (χ1) is 28.4. The van der Waals surface area contributed by atoms with Crippen molar-refractivity contribution < 1.29 is 53.0 Å². The molecular weight excluding hydrogens is 785 g/mol. The molecule has 0 saturated carbocycles. The molecule has 2 heterocycles. The zero-order chi connectivity index (χ0) is 42.7. The van der Waals surface area contributed by atoms with Crippen molar-refractivity contribution in [2.24, 2.45) is 5.73 Å². The average Bonchev–Trinajstić information content (AvgIpc) is 3.48. The van der Waals surface area contributed by atoms with E-state index in [1.807, 2.05) is 48.5 Å². The lowest BCUT2D eigenvalue weighted by Gasteiger charge is -2.26. The van der Waals surface area contributed by atoms with Crippen molar-refractivity contribution in [1.82, 2.24) is 20.9 Å². The highest BCUT2D eigenvalue weighted by Crippen LogP contribution is 2.28. The fourth-order valence-electron chi connectivity index (χ4n) is 6.24. The van der Waals surface area contributed by atoms with Crippen molar-refractivity contribution in [3.05, 3.63) is 65.2 Å². The van der Waals surface area contributed by atoms with Gasteiger partial charge in [0.05, 0.1) is 29.9 Å². The Bertz CT molecular complexity index is 1960. The molecule has 4 rings (SSSR count). The van der Waals surface area contributed by atoms with Crippen LogP contribution in [-0.2, 0) is 54.4 Å². The van der Waals surface area contributed by atoms with Gasteiger partial charge in [-0.25, -0.2) is 0 Å². The zero-order valence-corrected chi connectivity index (χ0v) is 33.3. The lowest BCUT2D eigenvalue weighted by molar-refractivity contribution is -0.139. The van der Waals surface area contributed by atoms with E-state index < -0.39 is 59.3 Å². The number of aliphatic carboxylic acids is 1. The number of imide groups is 1. The number of carbonyl (C=O) groups excluding carboxylic acids is 8. The molecule has 0 bridgehead atoms. The molecular formula is C41H48N6O11S. The Morgan fingerprint density at radius 3 is 2.27 bits per heavy atom. The summed E-state index contributed by atoms with van der Waals surface area (Å²) < 4.78 is 4.54. The van der Waals surface area contributed by atoms with Gasteiger partial charge in [-0.3, -0.25) is 53.8 Å². The summed E-state index contributed by atoms with van der Waals surface area (Å²) in [5.74, 6) is 2.40. The van der Waals surface area contributed by atoms with Crippen LogP contribution in [0.25, 0.3) is 0 Å². The molecule has 2 aromatic rings. The highest BCUT2D eigenvalue weighted by atomic mass is 32.2. The Morgan fingerprint density at radius 2 is 1.54 bits per heavy atom. The second-order valence-corrected chi connectivity index (χ2v) is 15.0. The fraction of sp³-hybridized carbons (Fsp3) is 0.439. The van der Waals surface area contributed by atoms with Gasteiger partial charge in [-0.1, -0.05) is 42.2 Å². The number of fused-ring (bicyclic) bond motifs is 2. The predicted octanol–water partition coefficient (Wildman–Crippen LogP) is 1.13. The van der Waals surface area contributed by atoms with E-state index in [1.165, 1.54) is 0 Å². The average molecular weight is 833 g/mol. The van der Waals surface area contributed by atoms with Crippen molar-refractivity contribution >= 4 is 71.1 Å². The molecule has 2 aliphatic rings. The Morgan fingerprint density at radius 1 is 0.864 bits per heavy atom. The first kappa shape index (κ1) is 45.6. The summed E-state index contributed by atoms with van der Waals surface area (Å²) in [7, 11) is 0. The number of carbonyl (C=O) groups is 9. The van der Waals surface area contributed by atoms with E-state index in [2.05, 4.69) is 32.5 Å². The molecule has 6 N–H and O–H groups in total. The van der Waals surface area contributed by atoms with Gasteiger partial charge >= 0.3 is 5.97 Å². The minimum atomic E-state index is -1.18. The number of likely N-dealkylation sites (tertiary alicyclic amines) is 1. The lowest BCUT2D eigenvalue weighted by Crippen LogP contribution is -2.42. The summed E-state index contributed by atoms with van der Waals surface area (Å²) in [5.41, 5.74) is 8.71. The smallest absolute Gasteiger partial charge is 0.303 e. The van der Waals surface area contributed by atoms with Crippen molar-refractivity contribution in [1.29, 1.82) is 0 Å². The number of nitrogens with two attached hydrogens (primary N) is 1. The van der Waals surface area contributed by atoms with Gasteiger partial charge < -0.3 is 30.7 Å². The van der Waals surface area contributed by atoms with Crippen LogP contribution in [0.4, 0.5) is 5.69 Å². The molecule has 0 aromatic heterocycles. The number of carboxylic acid groups (broad SMARTS) is 1. The van der Waals surface area contributed by atoms with Crippen LogP contribution >= 0.6 is 11.8 Å². The molecule has 2 aromatic carbocycles. The number of anilines is 1. The maximum Gasteiger partial charge on any atom is 0.303 e. The van der Waals surface area contributed by atoms with Gasteiger partial charge in [0.2, 0.25) is 35.4 Å². The number of amides is 6. The monoisotopic (exact) mass is 832 g/mol. The van der Waals surface area contributed by atoms with Crippen molar-refractivity contribution in [3.63, 3.8) is 0 Å². The number of benzene rings is 2. The third-order valence-corrected chi connectivity index (χ3v) is 10.7. The number of carboxylic acids is 1. The standard InChI is InChI=1S/C41H48N6O11S/c42-34(58-26-48)13-14-37(52)45-30(32(49)12-17-40(55)56)19-23-59-33-24-39(54)46(41(33)57)22-18-36(51)44-21-5-20-43-35(50)15-16-38(53)47-25-29-8-2-1-6-27(29)10-11-28-7-3-4-9-31(28)47/h1-4,6-9,26,30,33-34H,5,12-25,42H2,(H,43,50)(H,44,51)(H,45,52)(H,55,56). The van der Waals surface area contributed by atoms with Crippen LogP contribution in [0.5, 0.6) is 0 Å². The van der Waals surface area contributed by atoms with Gasteiger partial charge in [-0.15, -0.1) is 11.8 Å². The number of thioether (sulfide) groups is 1. The number of para-hydroxylation sites is 1. The van der Waals surface area contributed by atoms with Crippen molar-refractivity contribution in [2.45, 2.75) is 88.3 Å². The number of ketones is 1. The van der Waals surface area contributed by atoms with Gasteiger partial charge in [0.1, 0.15) is 0 Å². The normalized spacial score (nSPS) is 15.2. The third kappa shape index (κ3) is 14.7. The Hall–Kier alpha value is -6.06. The summed E-state index contributed by atoms with van der Waals surface area (Å²) in [6.07, 6.45) is -1.74. The van der Waals surface area contributed by atoms with Crippen LogP contribution in [0.1, 0.15) is 80.9 Å². The van der Waals surface area contributed by atoms with E-state index >= 15 is 0 Å². The first-order valence-electron chi connectivity index (χ1n) is 19.2. The summed E-state index contributed by atoms with van der Waals surface area (Å²) in [5, 5.41) is 16.2. The number of Topliss-reactive ketones (excluding diaryl/α,β-unsaturated/α-hetero) is 1. The lowest BCUT2D eigenvalue weighted by atomic mass is 10.0. The molecule has 1 fully saturated rings. The number of rotatable bonds is 24. The molecule has 17 nitrogen and oxygen atoms in total. The number of nitrogens with zero attached hydrogens (tertiary/aromatic N) is 2. The number of hydrogen-bond acceptors (Lipinski definition) is 12. The largest absolute Gasteiger partial charge is 0.481 e. The van der Waals surface area contributed by atoms with E-state index in [9.17, 15) is 43.2 Å². The summed E-state index contributed by atoms with van der Waals surface area (Å²) in [6.45, 7) is 0.828. The number of nitrogens with one attached hydrogen (secondary N) is 3. The van der Waals surface area contributed by atoms with E-state index in [0.717, 1.165) is 33.4 Å². The molecule has 0 aliphatic carbocycles. The van der Waals surface area contributed by atoms with E-state index in [4.69, 9.17) is 10.8 Å². The van der Waals surface area contributed by atoms with Crippen LogP contribution in [0, 0.1) is 11.8 Å². The minimum absolute atomic E-state index is 0.00566. The number of hydrogen-bond donors (Lipinski definition) is 5. The summed E-state index contributed by atoms with van der Waals surface area (Å²) >= 11 is 1.11. The molecule has 6 amide bonds. The van der Waals surface area contributed by atoms with E-state index in [-0.39, 0.29) is 95.0 Å². The third-order valence-electron chi connectivity index (χ3n) is 9.42. The molecule has 314 valence electrons. The van der Waals surface area contributed by atoms with Crippen LogP contribution in [0.15, 0.2) is 48.5 Å². The zero-order valence-electron chi connectivity index (χ0n) is 32.4. The summed E-state index contributed by atoms with van der Waals surface area (Å²) in [6, 6.07) is 14.0. The number of ether oxygens (including phenoxy) is 1. The van der Waals surface area contributed by atoms with Gasteiger partial charge in [0.25, 0.3) is 6.47 Å². The molecule has 0 spiro atoms. The van der Waals surface area contributed by atoms with E-state index in [0.29, 0.717) is 18.7 Å². The van der Waals surface area contributed by atoms with Gasteiger partial charge in [-0.05, 0) is 42.4 Å². The maximum absolute atomic E-state index is 13.4. The Balaban J connectivity index is 1.13. The van der Waals surface area contributed by atoms with Crippen LogP contribution in [0.2, 0.25) is 0 Å². The van der Waals surface area contributed by atoms with Crippen LogP contribution < -0.4 is 26.6 Å². The topological polar surface area (TPSA) is 252 Å².